The largest absolute Gasteiger partial charge is 0.376 e. The van der Waals surface area contributed by atoms with Gasteiger partial charge in [0.15, 0.2) is 5.13 Å². The normalized spacial score (nSPS) is 16.8. The summed E-state index contributed by atoms with van der Waals surface area (Å²) in [4.78, 5) is 20.0. The van der Waals surface area contributed by atoms with Crippen LogP contribution < -0.4 is 4.90 Å². The van der Waals surface area contributed by atoms with E-state index < -0.39 is 0 Å². The fourth-order valence-electron chi connectivity index (χ4n) is 3.35. The molecule has 1 atom stereocenters. The molecule has 0 aliphatic carbocycles. The number of aromatic nitrogens is 1. The highest BCUT2D eigenvalue weighted by atomic mass is 79.9. The van der Waals surface area contributed by atoms with Gasteiger partial charge in [-0.15, -0.1) is 0 Å². The first kappa shape index (κ1) is 18.6. The fraction of sp³-hybridized carbons (Fsp3) is 0.333. The third-order valence-corrected chi connectivity index (χ3v) is 6.57. The molecule has 3 aromatic rings. The molecule has 0 saturated carbocycles. The van der Waals surface area contributed by atoms with Crippen molar-refractivity contribution in [1.29, 1.82) is 0 Å². The zero-order valence-electron chi connectivity index (χ0n) is 15.4. The number of carbonyl (C=O) groups excluding carboxylic acids is 1. The zero-order valence-corrected chi connectivity index (χ0v) is 17.8. The monoisotopic (exact) mass is 444 g/mol. The van der Waals surface area contributed by atoms with Crippen LogP contribution in [0.15, 0.2) is 40.9 Å². The van der Waals surface area contributed by atoms with E-state index in [9.17, 15) is 4.79 Å². The van der Waals surface area contributed by atoms with Crippen LogP contribution in [-0.4, -0.2) is 30.1 Å². The average Bonchev–Trinajstić information content (AvgIpc) is 3.32. The van der Waals surface area contributed by atoms with Gasteiger partial charge in [-0.05, 0) is 62.1 Å². The molecule has 2 heterocycles. The Balaban J connectivity index is 1.75. The highest BCUT2D eigenvalue weighted by molar-refractivity contribution is 9.10. The number of carbonyl (C=O) groups is 1. The first-order chi connectivity index (χ1) is 13.0. The summed E-state index contributed by atoms with van der Waals surface area (Å²) < 4.78 is 7.80. The number of rotatable bonds is 4. The van der Waals surface area contributed by atoms with Crippen molar-refractivity contribution in [3.05, 3.63) is 57.6 Å². The van der Waals surface area contributed by atoms with Crippen LogP contribution in [0.2, 0.25) is 0 Å². The molecule has 1 aromatic heterocycles. The van der Waals surface area contributed by atoms with Crippen LogP contribution in [0.25, 0.3) is 10.2 Å². The zero-order chi connectivity index (χ0) is 19.0. The van der Waals surface area contributed by atoms with Crippen LogP contribution in [0.3, 0.4) is 0 Å². The van der Waals surface area contributed by atoms with Crippen molar-refractivity contribution in [2.75, 3.05) is 18.1 Å². The number of hydrogen-bond donors (Lipinski definition) is 0. The second kappa shape index (κ2) is 7.70. The van der Waals surface area contributed by atoms with E-state index in [1.54, 1.807) is 16.2 Å². The van der Waals surface area contributed by atoms with E-state index in [4.69, 9.17) is 9.72 Å². The van der Waals surface area contributed by atoms with Crippen molar-refractivity contribution >= 4 is 48.5 Å². The van der Waals surface area contributed by atoms with Gasteiger partial charge in [-0.25, -0.2) is 4.98 Å². The second-order valence-electron chi connectivity index (χ2n) is 6.91. The molecule has 1 unspecified atom stereocenters. The van der Waals surface area contributed by atoms with Gasteiger partial charge in [-0.1, -0.05) is 39.4 Å². The summed E-state index contributed by atoms with van der Waals surface area (Å²) >= 11 is 5.03. The second-order valence-corrected chi connectivity index (χ2v) is 8.84. The molecule has 140 valence electrons. The molecule has 1 fully saturated rings. The van der Waals surface area contributed by atoms with Crippen LogP contribution in [0, 0.1) is 13.8 Å². The number of ether oxygens (including phenoxy) is 1. The lowest BCUT2D eigenvalue weighted by molar-refractivity contribution is 0.0917. The van der Waals surface area contributed by atoms with Crippen LogP contribution in [0.1, 0.15) is 34.3 Å². The van der Waals surface area contributed by atoms with Gasteiger partial charge in [0.05, 0.1) is 22.9 Å². The minimum atomic E-state index is -0.0415. The molecule has 1 amide bonds. The molecular formula is C21H21BrN2O2S. The number of benzene rings is 2. The fourth-order valence-corrected chi connectivity index (χ4v) is 4.78. The maximum atomic E-state index is 13.3. The summed E-state index contributed by atoms with van der Waals surface area (Å²) in [7, 11) is 0. The highest BCUT2D eigenvalue weighted by Gasteiger charge is 2.27. The predicted molar refractivity (Wildman–Crippen MR) is 114 cm³/mol. The lowest BCUT2D eigenvalue weighted by Crippen LogP contribution is -2.37. The van der Waals surface area contributed by atoms with E-state index in [1.807, 2.05) is 24.3 Å². The van der Waals surface area contributed by atoms with E-state index in [1.165, 1.54) is 11.1 Å². The molecule has 6 heteroatoms. The predicted octanol–water partition coefficient (Wildman–Crippen LogP) is 5.50. The SMILES string of the molecule is Cc1ccc2sc(N(CC3CCCO3)C(=O)c3cccc(Br)c3)nc2c1C. The van der Waals surface area contributed by atoms with E-state index >= 15 is 0 Å². The molecular weight excluding hydrogens is 424 g/mol. The number of amides is 1. The van der Waals surface area contributed by atoms with Gasteiger partial charge >= 0.3 is 0 Å². The molecule has 4 rings (SSSR count). The number of nitrogens with zero attached hydrogens (tertiary/aromatic N) is 2. The highest BCUT2D eigenvalue weighted by Crippen LogP contribution is 2.33. The van der Waals surface area contributed by atoms with Gasteiger partial charge in [-0.2, -0.15) is 0 Å². The third-order valence-electron chi connectivity index (χ3n) is 5.03. The summed E-state index contributed by atoms with van der Waals surface area (Å²) in [6.45, 7) is 5.47. The van der Waals surface area contributed by atoms with Gasteiger partial charge in [-0.3, -0.25) is 9.69 Å². The maximum Gasteiger partial charge on any atom is 0.260 e. The van der Waals surface area contributed by atoms with Crippen molar-refractivity contribution in [3.8, 4) is 0 Å². The topological polar surface area (TPSA) is 42.4 Å². The molecule has 1 saturated heterocycles. The quantitative estimate of drug-likeness (QED) is 0.533. The molecule has 1 aliphatic rings. The average molecular weight is 445 g/mol. The Morgan fingerprint density at radius 3 is 2.93 bits per heavy atom. The molecule has 0 N–H and O–H groups in total. The van der Waals surface area contributed by atoms with Gasteiger partial charge in [0.2, 0.25) is 0 Å². The number of hydrogen-bond acceptors (Lipinski definition) is 4. The molecule has 2 aromatic carbocycles. The van der Waals surface area contributed by atoms with E-state index in [0.717, 1.165) is 39.3 Å². The minimum absolute atomic E-state index is 0.0415. The Morgan fingerprint density at radius 1 is 1.33 bits per heavy atom. The standard InChI is InChI=1S/C21H21BrN2O2S/c1-13-8-9-18-19(14(13)2)23-21(27-18)24(12-17-7-4-10-26-17)20(25)15-5-3-6-16(22)11-15/h3,5-6,8-9,11,17H,4,7,10,12H2,1-2H3. The first-order valence-corrected chi connectivity index (χ1v) is 10.7. The maximum absolute atomic E-state index is 13.3. The number of aryl methyl sites for hydroxylation is 2. The Bertz CT molecular complexity index is 995. The molecule has 27 heavy (non-hydrogen) atoms. The van der Waals surface area contributed by atoms with Crippen molar-refractivity contribution in [2.24, 2.45) is 0 Å². The lowest BCUT2D eigenvalue weighted by atomic mass is 10.1. The Hall–Kier alpha value is -1.76. The van der Waals surface area contributed by atoms with Gasteiger partial charge in [0, 0.05) is 16.6 Å². The van der Waals surface area contributed by atoms with Gasteiger partial charge in [0.25, 0.3) is 5.91 Å². The van der Waals surface area contributed by atoms with Crippen LogP contribution >= 0.6 is 27.3 Å². The number of fused-ring (bicyclic) bond motifs is 1. The Morgan fingerprint density at radius 2 is 2.19 bits per heavy atom. The smallest absolute Gasteiger partial charge is 0.260 e. The van der Waals surface area contributed by atoms with Gasteiger partial charge in [0.1, 0.15) is 0 Å². The number of halogens is 1. The van der Waals surface area contributed by atoms with E-state index in [2.05, 4.69) is 41.9 Å². The molecule has 1 aliphatic heterocycles. The van der Waals surface area contributed by atoms with Gasteiger partial charge < -0.3 is 4.74 Å². The van der Waals surface area contributed by atoms with Crippen molar-refractivity contribution < 1.29 is 9.53 Å². The molecule has 4 nitrogen and oxygen atoms in total. The van der Waals surface area contributed by atoms with E-state index in [-0.39, 0.29) is 12.0 Å². The lowest BCUT2D eigenvalue weighted by Gasteiger charge is -2.23. The molecule has 0 radical (unpaired) electrons. The summed E-state index contributed by atoms with van der Waals surface area (Å²) in [5.74, 6) is -0.0415. The summed E-state index contributed by atoms with van der Waals surface area (Å²) in [6.07, 6.45) is 2.09. The summed E-state index contributed by atoms with van der Waals surface area (Å²) in [5.41, 5.74) is 4.01. The first-order valence-electron chi connectivity index (χ1n) is 9.08. The summed E-state index contributed by atoms with van der Waals surface area (Å²) in [5, 5.41) is 0.735. The summed E-state index contributed by atoms with van der Waals surface area (Å²) in [6, 6.07) is 11.7. The van der Waals surface area contributed by atoms with E-state index in [0.29, 0.717) is 12.1 Å². The Kier molecular flexibility index (Phi) is 5.30. The number of anilines is 1. The molecule has 0 spiro atoms. The van der Waals surface area contributed by atoms with Crippen LogP contribution in [0.4, 0.5) is 5.13 Å². The van der Waals surface area contributed by atoms with Crippen LogP contribution in [-0.2, 0) is 4.74 Å². The Labute approximate surface area is 171 Å². The minimum Gasteiger partial charge on any atom is -0.376 e. The van der Waals surface area contributed by atoms with Crippen LogP contribution in [0.5, 0.6) is 0 Å². The van der Waals surface area contributed by atoms with Crippen molar-refractivity contribution in [1.82, 2.24) is 4.98 Å². The van der Waals surface area contributed by atoms with Crippen molar-refractivity contribution in [3.63, 3.8) is 0 Å². The molecule has 0 bridgehead atoms. The third kappa shape index (κ3) is 3.79. The van der Waals surface area contributed by atoms with Crippen molar-refractivity contribution in [2.45, 2.75) is 32.8 Å². The number of thiazole rings is 1.